The fraction of sp³-hybridized carbons (Fsp3) is 0.316. The van der Waals surface area contributed by atoms with E-state index in [1.54, 1.807) is 4.68 Å². The van der Waals surface area contributed by atoms with Crippen molar-refractivity contribution in [2.24, 2.45) is 0 Å². The van der Waals surface area contributed by atoms with Gasteiger partial charge in [0.25, 0.3) is 5.95 Å². The van der Waals surface area contributed by atoms with Crippen molar-refractivity contribution >= 4 is 23.5 Å². The van der Waals surface area contributed by atoms with Crippen molar-refractivity contribution in [3.63, 3.8) is 0 Å². The van der Waals surface area contributed by atoms with E-state index in [1.807, 2.05) is 50.2 Å². The normalized spacial score (nSPS) is 12.0. The Balaban J connectivity index is 1.61. The zero-order valence-electron chi connectivity index (χ0n) is 16.5. The molecular weight excluding hydrogens is 390 g/mol. The molecule has 0 aliphatic heterocycles. The van der Waals surface area contributed by atoms with E-state index in [-0.39, 0.29) is 17.4 Å². The Morgan fingerprint density at radius 2 is 1.93 bits per heavy atom. The van der Waals surface area contributed by atoms with Gasteiger partial charge >= 0.3 is 0 Å². The molecule has 29 heavy (non-hydrogen) atoms. The second-order valence-corrected chi connectivity index (χ2v) is 7.64. The van der Waals surface area contributed by atoms with Gasteiger partial charge in [0.15, 0.2) is 5.78 Å². The predicted octanol–water partition coefficient (Wildman–Crippen LogP) is 1.20. The van der Waals surface area contributed by atoms with Crippen LogP contribution in [0, 0.1) is 13.8 Å². The first-order valence-electron chi connectivity index (χ1n) is 9.06. The van der Waals surface area contributed by atoms with Gasteiger partial charge in [0.2, 0.25) is 11.1 Å². The van der Waals surface area contributed by atoms with Gasteiger partial charge in [-0.15, -0.1) is 10.2 Å². The minimum Gasteiger partial charge on any atom is -0.345 e. The molecule has 152 valence electrons. The topological polar surface area (TPSA) is 121 Å². The lowest BCUT2D eigenvalue weighted by Gasteiger charge is -2.16. The highest BCUT2D eigenvalue weighted by Gasteiger charge is 2.20. The molecule has 3 aromatic rings. The number of aryl methyl sites for hydroxylation is 2. The van der Waals surface area contributed by atoms with E-state index in [0.717, 1.165) is 28.7 Å². The second kappa shape index (κ2) is 8.91. The molecule has 3 N–H and O–H groups in total. The maximum atomic E-state index is 12.4. The lowest BCUT2D eigenvalue weighted by Crippen LogP contribution is -2.42. The van der Waals surface area contributed by atoms with Crippen LogP contribution in [0.5, 0.6) is 0 Å². The van der Waals surface area contributed by atoms with Crippen LogP contribution in [0.1, 0.15) is 23.9 Å². The van der Waals surface area contributed by atoms with Gasteiger partial charge in [0, 0.05) is 5.69 Å². The summed E-state index contributed by atoms with van der Waals surface area (Å²) in [5, 5.41) is 15.6. The molecule has 3 rings (SSSR count). The first kappa shape index (κ1) is 20.6. The quantitative estimate of drug-likeness (QED) is 0.420. The van der Waals surface area contributed by atoms with E-state index in [1.165, 1.54) is 11.6 Å². The van der Waals surface area contributed by atoms with Crippen LogP contribution in [-0.2, 0) is 16.0 Å². The Morgan fingerprint density at radius 3 is 2.55 bits per heavy atom. The third kappa shape index (κ3) is 5.02. The highest BCUT2D eigenvalue weighted by molar-refractivity contribution is 7.99. The van der Waals surface area contributed by atoms with Gasteiger partial charge in [-0.1, -0.05) is 42.1 Å². The van der Waals surface area contributed by atoms with Gasteiger partial charge in [0.1, 0.15) is 0 Å². The van der Waals surface area contributed by atoms with Crippen molar-refractivity contribution in [3.05, 3.63) is 53.3 Å². The summed E-state index contributed by atoms with van der Waals surface area (Å²) in [4.78, 5) is 24.3. The maximum Gasteiger partial charge on any atom is 0.271 e. The molecule has 2 heterocycles. The fourth-order valence-electron chi connectivity index (χ4n) is 2.86. The number of thioether (sulfide) groups is 1. The highest BCUT2D eigenvalue weighted by Crippen LogP contribution is 2.17. The van der Waals surface area contributed by atoms with Gasteiger partial charge in [-0.2, -0.15) is 5.10 Å². The molecule has 0 fully saturated rings. The zero-order chi connectivity index (χ0) is 21.0. The van der Waals surface area contributed by atoms with Crippen LogP contribution in [0.2, 0.25) is 0 Å². The smallest absolute Gasteiger partial charge is 0.271 e. The van der Waals surface area contributed by atoms with Crippen LogP contribution >= 0.6 is 11.8 Å². The molecule has 0 spiro atoms. The molecule has 0 bridgehead atoms. The zero-order valence-corrected chi connectivity index (χ0v) is 17.3. The lowest BCUT2D eigenvalue weighted by atomic mass is 10.0. The number of nitrogen functional groups attached to an aromatic ring is 1. The number of hydrogen-bond acceptors (Lipinski definition) is 7. The molecule has 0 aliphatic rings. The summed E-state index contributed by atoms with van der Waals surface area (Å²) in [6.45, 7) is 5.24. The van der Waals surface area contributed by atoms with E-state index in [4.69, 9.17) is 5.84 Å². The fourth-order valence-corrected chi connectivity index (χ4v) is 3.52. The van der Waals surface area contributed by atoms with Gasteiger partial charge in [-0.25, -0.2) is 9.36 Å². The van der Waals surface area contributed by atoms with E-state index in [9.17, 15) is 9.59 Å². The number of benzene rings is 1. The van der Waals surface area contributed by atoms with Crippen molar-refractivity contribution in [3.8, 4) is 5.95 Å². The number of ketones is 1. The Morgan fingerprint density at radius 1 is 1.21 bits per heavy atom. The molecule has 1 aromatic carbocycles. The summed E-state index contributed by atoms with van der Waals surface area (Å²) in [7, 11) is 0. The Bertz CT molecular complexity index is 1010. The number of nitrogens with zero attached hydrogens (tertiary/aromatic N) is 5. The summed E-state index contributed by atoms with van der Waals surface area (Å²) in [6.07, 6.45) is 0.446. The third-order valence-corrected chi connectivity index (χ3v) is 5.23. The number of carbonyl (C=O) groups excluding carboxylic acids is 2. The number of amides is 1. The van der Waals surface area contributed by atoms with Gasteiger partial charge < -0.3 is 11.2 Å². The van der Waals surface area contributed by atoms with Gasteiger partial charge in [-0.05, 0) is 38.8 Å². The molecule has 0 saturated carbocycles. The number of carbonyl (C=O) groups is 2. The molecule has 1 atom stereocenters. The number of aromatic nitrogens is 5. The Labute approximate surface area is 172 Å². The van der Waals surface area contributed by atoms with Crippen molar-refractivity contribution in [2.45, 2.75) is 38.4 Å². The number of rotatable bonds is 8. The van der Waals surface area contributed by atoms with Gasteiger partial charge in [0.05, 0.1) is 17.5 Å². The van der Waals surface area contributed by atoms with Crippen LogP contribution in [-0.4, -0.2) is 48.1 Å². The largest absolute Gasteiger partial charge is 0.345 e. The van der Waals surface area contributed by atoms with Crippen LogP contribution in [0.3, 0.4) is 0 Å². The van der Waals surface area contributed by atoms with E-state index >= 15 is 0 Å². The number of Topliss-reactive ketones (excluding diaryl/α,β-unsaturated/α-hetero) is 1. The molecule has 0 radical (unpaired) electrons. The van der Waals surface area contributed by atoms with E-state index in [2.05, 4.69) is 20.6 Å². The molecule has 0 aliphatic carbocycles. The average molecular weight is 414 g/mol. The van der Waals surface area contributed by atoms with Crippen LogP contribution < -0.4 is 11.2 Å². The second-order valence-electron chi connectivity index (χ2n) is 6.70. The molecule has 0 saturated heterocycles. The SMILES string of the molecule is CC(=O)[C@H](Cc1ccccc1)NC(=O)CSc1nnc(-n2nc(C)cc2C)n1N. The van der Waals surface area contributed by atoms with E-state index < -0.39 is 6.04 Å². The minimum atomic E-state index is -0.577. The maximum absolute atomic E-state index is 12.4. The highest BCUT2D eigenvalue weighted by atomic mass is 32.2. The minimum absolute atomic E-state index is 0.0605. The molecule has 2 aromatic heterocycles. The van der Waals surface area contributed by atoms with Gasteiger partial charge in [-0.3, -0.25) is 9.59 Å². The van der Waals surface area contributed by atoms with Crippen LogP contribution in [0.15, 0.2) is 41.6 Å². The van der Waals surface area contributed by atoms with Crippen molar-refractivity contribution in [2.75, 3.05) is 11.6 Å². The third-order valence-electron chi connectivity index (χ3n) is 4.29. The standard InChI is InChI=1S/C19H23N7O2S/c1-12-9-13(2)26(24-12)18-22-23-19(25(18)20)29-11-17(28)21-16(14(3)27)10-15-7-5-4-6-8-15/h4-9,16H,10-11,20H2,1-3H3,(H,21,28)/t16-/m0/s1. The molecule has 10 heteroatoms. The summed E-state index contributed by atoms with van der Waals surface area (Å²) in [6, 6.07) is 10.9. The lowest BCUT2D eigenvalue weighted by molar-refractivity contribution is -0.125. The molecule has 1 amide bonds. The summed E-state index contributed by atoms with van der Waals surface area (Å²) < 4.78 is 2.89. The average Bonchev–Trinajstić information content (AvgIpc) is 3.21. The summed E-state index contributed by atoms with van der Waals surface area (Å²) in [5.74, 6) is 6.13. The number of nitrogens with two attached hydrogens (primary N) is 1. The van der Waals surface area contributed by atoms with Crippen molar-refractivity contribution < 1.29 is 9.59 Å². The summed E-state index contributed by atoms with van der Waals surface area (Å²) in [5.41, 5.74) is 2.70. The van der Waals surface area contributed by atoms with Crippen molar-refractivity contribution in [1.82, 2.24) is 30.0 Å². The Kier molecular flexibility index (Phi) is 6.32. The first-order chi connectivity index (χ1) is 13.8. The van der Waals surface area contributed by atoms with Crippen molar-refractivity contribution in [1.29, 1.82) is 0 Å². The monoisotopic (exact) mass is 413 g/mol. The number of hydrogen-bond donors (Lipinski definition) is 2. The molecule has 9 nitrogen and oxygen atoms in total. The van der Waals surface area contributed by atoms with E-state index in [0.29, 0.717) is 17.5 Å². The van der Waals surface area contributed by atoms with Crippen LogP contribution in [0.25, 0.3) is 5.95 Å². The number of nitrogens with one attached hydrogen (secondary N) is 1. The predicted molar refractivity (Wildman–Crippen MR) is 110 cm³/mol. The first-order valence-corrected chi connectivity index (χ1v) is 10.0. The molecular formula is C19H23N7O2S. The Hall–Kier alpha value is -3.14. The van der Waals surface area contributed by atoms with Crippen LogP contribution in [0.4, 0.5) is 0 Å². The molecule has 0 unspecified atom stereocenters. The summed E-state index contributed by atoms with van der Waals surface area (Å²) >= 11 is 1.14.